The van der Waals surface area contributed by atoms with Gasteiger partial charge >= 0.3 is 5.97 Å². The van der Waals surface area contributed by atoms with E-state index >= 15 is 0 Å². The van der Waals surface area contributed by atoms with Crippen LogP contribution in [0.25, 0.3) is 17.4 Å². The van der Waals surface area contributed by atoms with Crippen molar-refractivity contribution in [3.63, 3.8) is 0 Å². The third kappa shape index (κ3) is 4.60. The highest BCUT2D eigenvalue weighted by Crippen LogP contribution is 2.20. The highest BCUT2D eigenvalue weighted by Gasteiger charge is 2.08. The van der Waals surface area contributed by atoms with Crippen LogP contribution in [0.1, 0.15) is 11.5 Å². The number of carbonyl (C=O) groups excluding carboxylic acids is 1. The number of nitrogens with zero attached hydrogens (tertiary/aromatic N) is 1. The van der Waals surface area contributed by atoms with E-state index in [4.69, 9.17) is 9.15 Å². The van der Waals surface area contributed by atoms with Crippen LogP contribution in [0.4, 0.5) is 8.78 Å². The molecule has 0 atom stereocenters. The van der Waals surface area contributed by atoms with Gasteiger partial charge in [0.2, 0.25) is 5.89 Å². The lowest BCUT2D eigenvalue weighted by molar-refractivity contribution is -0.139. The standard InChI is InChI=1S/C19H13F2NO3/c20-15-6-1-13(2-7-15)3-10-19(23)24-12-18-22-11-17(25-18)14-4-8-16(21)9-5-14/h1-11H,12H2/b10-3+. The van der Waals surface area contributed by atoms with Gasteiger partial charge in [0.1, 0.15) is 11.6 Å². The van der Waals surface area contributed by atoms with Crippen LogP contribution in [0, 0.1) is 11.6 Å². The molecule has 6 heteroatoms. The molecule has 3 aromatic rings. The molecule has 2 aromatic carbocycles. The summed E-state index contributed by atoms with van der Waals surface area (Å²) in [4.78, 5) is 15.7. The summed E-state index contributed by atoms with van der Waals surface area (Å²) in [6.07, 6.45) is 4.23. The lowest BCUT2D eigenvalue weighted by Crippen LogP contribution is -2.00. The molecule has 0 bridgehead atoms. The van der Waals surface area contributed by atoms with E-state index in [0.29, 0.717) is 16.9 Å². The van der Waals surface area contributed by atoms with Gasteiger partial charge in [0.05, 0.1) is 6.20 Å². The normalized spacial score (nSPS) is 11.0. The quantitative estimate of drug-likeness (QED) is 0.511. The summed E-state index contributed by atoms with van der Waals surface area (Å²) in [6, 6.07) is 11.5. The molecule has 0 saturated carbocycles. The van der Waals surface area contributed by atoms with Gasteiger partial charge < -0.3 is 9.15 Å². The fraction of sp³-hybridized carbons (Fsp3) is 0.0526. The molecule has 4 nitrogen and oxygen atoms in total. The molecule has 0 saturated heterocycles. The number of hydrogen-bond acceptors (Lipinski definition) is 4. The maximum absolute atomic E-state index is 12.9. The van der Waals surface area contributed by atoms with Crippen molar-refractivity contribution in [2.75, 3.05) is 0 Å². The van der Waals surface area contributed by atoms with Crippen molar-refractivity contribution in [2.45, 2.75) is 6.61 Å². The van der Waals surface area contributed by atoms with Crippen LogP contribution in [0.15, 0.2) is 65.2 Å². The predicted molar refractivity (Wildman–Crippen MR) is 87.1 cm³/mol. The second kappa shape index (κ2) is 7.53. The average molecular weight is 341 g/mol. The zero-order valence-corrected chi connectivity index (χ0v) is 13.0. The summed E-state index contributed by atoms with van der Waals surface area (Å²) in [7, 11) is 0. The summed E-state index contributed by atoms with van der Waals surface area (Å²) < 4.78 is 36.2. The zero-order valence-electron chi connectivity index (χ0n) is 13.0. The summed E-state index contributed by atoms with van der Waals surface area (Å²) in [5.74, 6) is -0.590. The van der Waals surface area contributed by atoms with Crippen molar-refractivity contribution >= 4 is 12.0 Å². The number of aromatic nitrogens is 1. The maximum Gasteiger partial charge on any atom is 0.331 e. The van der Waals surface area contributed by atoms with Gasteiger partial charge in [-0.15, -0.1) is 0 Å². The number of ether oxygens (including phenoxy) is 1. The van der Waals surface area contributed by atoms with Gasteiger partial charge in [0.15, 0.2) is 12.4 Å². The first-order valence-corrected chi connectivity index (χ1v) is 7.41. The number of carbonyl (C=O) groups is 1. The Morgan fingerprint density at radius 2 is 1.68 bits per heavy atom. The molecule has 1 aromatic heterocycles. The molecule has 0 fully saturated rings. The van der Waals surface area contributed by atoms with E-state index in [2.05, 4.69) is 4.98 Å². The van der Waals surface area contributed by atoms with Gasteiger partial charge in [-0.05, 0) is 48.0 Å². The van der Waals surface area contributed by atoms with Crippen molar-refractivity contribution in [3.8, 4) is 11.3 Å². The first-order chi connectivity index (χ1) is 12.1. The summed E-state index contributed by atoms with van der Waals surface area (Å²) in [6.45, 7) is -0.131. The SMILES string of the molecule is O=C(/C=C/c1ccc(F)cc1)OCc1ncc(-c2ccc(F)cc2)o1. The van der Waals surface area contributed by atoms with Gasteiger partial charge in [0, 0.05) is 11.6 Å². The molecule has 0 radical (unpaired) electrons. The van der Waals surface area contributed by atoms with Crippen LogP contribution in [-0.4, -0.2) is 11.0 Å². The highest BCUT2D eigenvalue weighted by atomic mass is 19.1. The topological polar surface area (TPSA) is 52.3 Å². The monoisotopic (exact) mass is 341 g/mol. The number of oxazole rings is 1. The van der Waals surface area contributed by atoms with Crippen LogP contribution in [0.5, 0.6) is 0 Å². The van der Waals surface area contributed by atoms with Gasteiger partial charge in [-0.25, -0.2) is 18.6 Å². The van der Waals surface area contributed by atoms with E-state index in [0.717, 1.165) is 0 Å². The maximum atomic E-state index is 12.9. The van der Waals surface area contributed by atoms with Crippen LogP contribution in [0.2, 0.25) is 0 Å². The molecule has 0 aliphatic rings. The molecular formula is C19H13F2NO3. The van der Waals surface area contributed by atoms with Crippen LogP contribution in [-0.2, 0) is 16.1 Å². The molecule has 0 amide bonds. The third-order valence-corrected chi connectivity index (χ3v) is 3.30. The minimum absolute atomic E-state index is 0.131. The zero-order chi connectivity index (χ0) is 17.6. The molecule has 1 heterocycles. The van der Waals surface area contributed by atoms with Crippen LogP contribution < -0.4 is 0 Å². The minimum atomic E-state index is -0.578. The highest BCUT2D eigenvalue weighted by molar-refractivity contribution is 5.86. The number of hydrogen-bond donors (Lipinski definition) is 0. The molecular weight excluding hydrogens is 328 g/mol. The first kappa shape index (κ1) is 16.6. The van der Waals surface area contributed by atoms with Gasteiger partial charge in [-0.1, -0.05) is 12.1 Å². The summed E-state index contributed by atoms with van der Waals surface area (Å²) >= 11 is 0. The van der Waals surface area contributed by atoms with Crippen molar-refractivity contribution in [3.05, 3.63) is 83.9 Å². The summed E-state index contributed by atoms with van der Waals surface area (Å²) in [5.41, 5.74) is 1.34. The average Bonchev–Trinajstić information content (AvgIpc) is 3.09. The third-order valence-electron chi connectivity index (χ3n) is 3.30. The first-order valence-electron chi connectivity index (χ1n) is 7.41. The van der Waals surface area contributed by atoms with E-state index in [1.54, 1.807) is 24.3 Å². The minimum Gasteiger partial charge on any atom is -0.453 e. The van der Waals surface area contributed by atoms with Crippen molar-refractivity contribution in [2.24, 2.45) is 0 Å². The Morgan fingerprint density at radius 1 is 1.04 bits per heavy atom. The van der Waals surface area contributed by atoms with E-state index in [1.165, 1.54) is 42.6 Å². The number of benzene rings is 2. The van der Waals surface area contributed by atoms with E-state index in [-0.39, 0.29) is 24.1 Å². The van der Waals surface area contributed by atoms with E-state index in [1.807, 2.05) is 0 Å². The fourth-order valence-electron chi connectivity index (χ4n) is 2.04. The Morgan fingerprint density at radius 3 is 2.36 bits per heavy atom. The van der Waals surface area contributed by atoms with Crippen molar-refractivity contribution < 1.29 is 22.7 Å². The Kier molecular flexibility index (Phi) is 4.99. The molecule has 126 valence electrons. The predicted octanol–water partition coefficient (Wildman–Crippen LogP) is 4.38. The molecule has 0 aliphatic carbocycles. The number of halogens is 2. The number of rotatable bonds is 5. The number of esters is 1. The Hall–Kier alpha value is -3.28. The van der Waals surface area contributed by atoms with E-state index in [9.17, 15) is 13.6 Å². The molecule has 25 heavy (non-hydrogen) atoms. The van der Waals surface area contributed by atoms with Crippen molar-refractivity contribution in [1.29, 1.82) is 0 Å². The summed E-state index contributed by atoms with van der Waals surface area (Å²) in [5, 5.41) is 0. The smallest absolute Gasteiger partial charge is 0.331 e. The second-order valence-electron chi connectivity index (χ2n) is 5.12. The van der Waals surface area contributed by atoms with Crippen molar-refractivity contribution in [1.82, 2.24) is 4.98 Å². The van der Waals surface area contributed by atoms with Crippen LogP contribution in [0.3, 0.4) is 0 Å². The second-order valence-corrected chi connectivity index (χ2v) is 5.12. The van der Waals surface area contributed by atoms with E-state index < -0.39 is 5.97 Å². The Bertz CT molecular complexity index is 884. The Balaban J connectivity index is 1.55. The van der Waals surface area contributed by atoms with Gasteiger partial charge in [-0.3, -0.25) is 0 Å². The van der Waals surface area contributed by atoms with Crippen LogP contribution >= 0.6 is 0 Å². The fourth-order valence-corrected chi connectivity index (χ4v) is 2.04. The molecule has 0 spiro atoms. The van der Waals surface area contributed by atoms with Gasteiger partial charge in [-0.2, -0.15) is 0 Å². The molecule has 0 unspecified atom stereocenters. The lowest BCUT2D eigenvalue weighted by atomic mass is 10.2. The Labute approximate surface area is 142 Å². The molecule has 0 aliphatic heterocycles. The molecule has 0 N–H and O–H groups in total. The molecule has 3 rings (SSSR count). The van der Waals surface area contributed by atoms with Gasteiger partial charge in [0.25, 0.3) is 0 Å². The largest absolute Gasteiger partial charge is 0.453 e. The lowest BCUT2D eigenvalue weighted by Gasteiger charge is -1.98.